The average molecular weight is 221 g/mol. The van der Waals surface area contributed by atoms with Crippen LogP contribution >= 0.6 is 0 Å². The van der Waals surface area contributed by atoms with Crippen molar-refractivity contribution in [3.8, 4) is 5.75 Å². The molecule has 1 aromatic carbocycles. The van der Waals surface area contributed by atoms with Crippen molar-refractivity contribution in [1.82, 2.24) is 0 Å². The summed E-state index contributed by atoms with van der Waals surface area (Å²) in [6.07, 6.45) is 4.93. The van der Waals surface area contributed by atoms with Crippen molar-refractivity contribution in [3.63, 3.8) is 0 Å². The fourth-order valence-electron chi connectivity index (χ4n) is 1.91. The highest BCUT2D eigenvalue weighted by Gasteiger charge is 2.05. The summed E-state index contributed by atoms with van der Waals surface area (Å²) < 4.78 is 5.14. The third-order valence-corrected chi connectivity index (χ3v) is 2.74. The van der Waals surface area contributed by atoms with Crippen molar-refractivity contribution in [3.05, 3.63) is 24.3 Å². The zero-order valence-corrected chi connectivity index (χ0v) is 10.6. The van der Waals surface area contributed by atoms with E-state index in [0.717, 1.165) is 5.75 Å². The van der Waals surface area contributed by atoms with Gasteiger partial charge in [0.2, 0.25) is 0 Å². The number of hydrogen-bond donors (Lipinski definition) is 1. The summed E-state index contributed by atoms with van der Waals surface area (Å²) in [6.45, 7) is 4.47. The molecule has 1 aromatic rings. The van der Waals surface area contributed by atoms with Gasteiger partial charge in [-0.15, -0.1) is 0 Å². The van der Waals surface area contributed by atoms with Gasteiger partial charge in [-0.25, -0.2) is 0 Å². The summed E-state index contributed by atoms with van der Waals surface area (Å²) in [5.41, 5.74) is 1.19. The summed E-state index contributed by atoms with van der Waals surface area (Å²) in [4.78, 5) is 0. The summed E-state index contributed by atoms with van der Waals surface area (Å²) in [7, 11) is 1.69. The molecule has 0 aliphatic heterocycles. The highest BCUT2D eigenvalue weighted by Crippen LogP contribution is 2.18. The fraction of sp³-hybridized carbons (Fsp3) is 0.571. The summed E-state index contributed by atoms with van der Waals surface area (Å²) in [5, 5.41) is 3.58. The fourth-order valence-corrected chi connectivity index (χ4v) is 1.91. The van der Waals surface area contributed by atoms with E-state index in [1.165, 1.54) is 31.4 Å². The van der Waals surface area contributed by atoms with Crippen molar-refractivity contribution in [2.24, 2.45) is 0 Å². The highest BCUT2D eigenvalue weighted by molar-refractivity contribution is 5.47. The van der Waals surface area contributed by atoms with Crippen LogP contribution in [0.5, 0.6) is 5.75 Å². The average Bonchev–Trinajstić information content (AvgIpc) is 2.31. The second-order valence-corrected chi connectivity index (χ2v) is 4.15. The first-order valence-electron chi connectivity index (χ1n) is 6.20. The van der Waals surface area contributed by atoms with Crippen LogP contribution < -0.4 is 10.1 Å². The Bertz CT molecular complexity index is 275. The molecular formula is C14H23NO. The molecule has 1 N–H and O–H groups in total. The predicted octanol–water partition coefficient (Wildman–Crippen LogP) is 4.08. The molecule has 0 aliphatic carbocycles. The van der Waals surface area contributed by atoms with Gasteiger partial charge in [0.25, 0.3) is 0 Å². The van der Waals surface area contributed by atoms with Crippen LogP contribution in [0.2, 0.25) is 0 Å². The maximum absolute atomic E-state index is 5.14. The largest absolute Gasteiger partial charge is 0.497 e. The summed E-state index contributed by atoms with van der Waals surface area (Å²) in [6, 6.07) is 8.76. The van der Waals surface area contributed by atoms with Gasteiger partial charge in [-0.05, 0) is 37.1 Å². The lowest BCUT2D eigenvalue weighted by Gasteiger charge is -2.18. The van der Waals surface area contributed by atoms with Crippen molar-refractivity contribution < 1.29 is 4.74 Å². The Morgan fingerprint density at radius 1 is 1.06 bits per heavy atom. The number of ether oxygens (including phenoxy) is 1. The van der Waals surface area contributed by atoms with E-state index in [2.05, 4.69) is 31.3 Å². The lowest BCUT2D eigenvalue weighted by molar-refractivity contribution is 0.415. The second-order valence-electron chi connectivity index (χ2n) is 4.15. The molecule has 0 spiro atoms. The van der Waals surface area contributed by atoms with E-state index in [-0.39, 0.29) is 0 Å². The van der Waals surface area contributed by atoms with E-state index in [1.54, 1.807) is 7.11 Å². The maximum atomic E-state index is 5.14. The normalized spacial score (nSPS) is 10.5. The molecule has 0 aliphatic rings. The third kappa shape index (κ3) is 4.13. The smallest absolute Gasteiger partial charge is 0.119 e. The molecule has 2 heteroatoms. The quantitative estimate of drug-likeness (QED) is 0.749. The molecule has 0 atom stereocenters. The van der Waals surface area contributed by atoms with Crippen molar-refractivity contribution >= 4 is 5.69 Å². The molecule has 1 rings (SSSR count). The number of anilines is 1. The van der Waals surface area contributed by atoms with Crippen LogP contribution in [0.15, 0.2) is 24.3 Å². The molecule has 0 aromatic heterocycles. The van der Waals surface area contributed by atoms with Gasteiger partial charge in [0.1, 0.15) is 5.75 Å². The van der Waals surface area contributed by atoms with E-state index < -0.39 is 0 Å². The Kier molecular flexibility index (Phi) is 5.76. The van der Waals surface area contributed by atoms with Gasteiger partial charge in [-0.1, -0.05) is 26.7 Å². The van der Waals surface area contributed by atoms with E-state index >= 15 is 0 Å². The van der Waals surface area contributed by atoms with Crippen LogP contribution in [0.1, 0.15) is 39.5 Å². The van der Waals surface area contributed by atoms with Crippen LogP contribution in [0.25, 0.3) is 0 Å². The predicted molar refractivity (Wildman–Crippen MR) is 70.2 cm³/mol. The van der Waals surface area contributed by atoms with Gasteiger partial charge in [0.15, 0.2) is 0 Å². The lowest BCUT2D eigenvalue weighted by atomic mass is 10.1. The monoisotopic (exact) mass is 221 g/mol. The molecule has 0 fully saturated rings. The molecule has 0 saturated heterocycles. The maximum Gasteiger partial charge on any atom is 0.119 e. The first-order chi connectivity index (χ1) is 7.80. The standard InChI is InChI=1S/C14H23NO/c1-4-6-12(7-5-2)15-13-8-10-14(16-3)11-9-13/h8-12,15H,4-7H2,1-3H3. The topological polar surface area (TPSA) is 21.3 Å². The van der Waals surface area contributed by atoms with E-state index in [9.17, 15) is 0 Å². The van der Waals surface area contributed by atoms with Crippen LogP contribution in [0, 0.1) is 0 Å². The van der Waals surface area contributed by atoms with Crippen LogP contribution in [0.3, 0.4) is 0 Å². The van der Waals surface area contributed by atoms with E-state index in [1.807, 2.05) is 12.1 Å². The minimum absolute atomic E-state index is 0.600. The Balaban J connectivity index is 2.54. The highest BCUT2D eigenvalue weighted by atomic mass is 16.5. The minimum atomic E-state index is 0.600. The molecule has 0 bridgehead atoms. The SMILES string of the molecule is CCCC(CCC)Nc1ccc(OC)cc1. The Morgan fingerprint density at radius 3 is 2.06 bits per heavy atom. The van der Waals surface area contributed by atoms with Crippen molar-refractivity contribution in [1.29, 1.82) is 0 Å². The number of hydrogen-bond acceptors (Lipinski definition) is 2. The van der Waals surface area contributed by atoms with E-state index in [4.69, 9.17) is 4.74 Å². The van der Waals surface area contributed by atoms with Gasteiger partial charge in [0.05, 0.1) is 7.11 Å². The first-order valence-corrected chi connectivity index (χ1v) is 6.20. The van der Waals surface area contributed by atoms with Crippen molar-refractivity contribution in [2.45, 2.75) is 45.6 Å². The first kappa shape index (κ1) is 12.9. The number of benzene rings is 1. The van der Waals surface area contributed by atoms with Gasteiger partial charge in [0, 0.05) is 11.7 Å². The Hall–Kier alpha value is -1.18. The molecule has 0 unspecified atom stereocenters. The molecule has 90 valence electrons. The van der Waals surface area contributed by atoms with Gasteiger partial charge in [-0.2, -0.15) is 0 Å². The molecule has 0 heterocycles. The van der Waals surface area contributed by atoms with Gasteiger partial charge >= 0.3 is 0 Å². The number of methoxy groups -OCH3 is 1. The lowest BCUT2D eigenvalue weighted by Crippen LogP contribution is -2.18. The second kappa shape index (κ2) is 7.15. The molecule has 0 radical (unpaired) electrons. The van der Waals surface area contributed by atoms with Crippen LogP contribution in [-0.4, -0.2) is 13.2 Å². The summed E-state index contributed by atoms with van der Waals surface area (Å²) >= 11 is 0. The molecule has 2 nitrogen and oxygen atoms in total. The summed E-state index contributed by atoms with van der Waals surface area (Å²) in [5.74, 6) is 0.910. The number of nitrogens with one attached hydrogen (secondary N) is 1. The van der Waals surface area contributed by atoms with Gasteiger partial charge in [-0.3, -0.25) is 0 Å². The van der Waals surface area contributed by atoms with Crippen molar-refractivity contribution in [2.75, 3.05) is 12.4 Å². The number of rotatable bonds is 7. The van der Waals surface area contributed by atoms with Crippen LogP contribution in [0.4, 0.5) is 5.69 Å². The van der Waals surface area contributed by atoms with Gasteiger partial charge < -0.3 is 10.1 Å². The Labute approximate surface area is 99.0 Å². The van der Waals surface area contributed by atoms with Crippen LogP contribution in [-0.2, 0) is 0 Å². The third-order valence-electron chi connectivity index (χ3n) is 2.74. The zero-order chi connectivity index (χ0) is 11.8. The zero-order valence-electron chi connectivity index (χ0n) is 10.6. The molecule has 0 amide bonds. The van der Waals surface area contributed by atoms with E-state index in [0.29, 0.717) is 6.04 Å². The Morgan fingerprint density at radius 2 is 1.62 bits per heavy atom. The molecular weight excluding hydrogens is 198 g/mol. The molecule has 16 heavy (non-hydrogen) atoms. The minimum Gasteiger partial charge on any atom is -0.497 e. The molecule has 0 saturated carbocycles.